The lowest BCUT2D eigenvalue weighted by Crippen LogP contribution is -2.37. The summed E-state index contributed by atoms with van der Waals surface area (Å²) in [6.45, 7) is 6.06. The average Bonchev–Trinajstić information content (AvgIpc) is 2.46. The van der Waals surface area contributed by atoms with Crippen LogP contribution in [0.5, 0.6) is 0 Å². The van der Waals surface area contributed by atoms with Gasteiger partial charge in [-0.15, -0.1) is 0 Å². The first-order valence-corrected chi connectivity index (χ1v) is 7.54. The molecular formula is C15H22ClN3O. The Balaban J connectivity index is 2.19. The van der Waals surface area contributed by atoms with Gasteiger partial charge >= 0.3 is 0 Å². The van der Waals surface area contributed by atoms with Gasteiger partial charge in [-0.1, -0.05) is 11.6 Å². The number of benzene rings is 1. The van der Waals surface area contributed by atoms with Crippen LogP contribution in [-0.2, 0) is 0 Å². The van der Waals surface area contributed by atoms with E-state index in [4.69, 9.17) is 17.3 Å². The molecule has 0 bridgehead atoms. The van der Waals surface area contributed by atoms with E-state index in [1.54, 1.807) is 6.07 Å². The maximum Gasteiger partial charge on any atom is 0.250 e. The Morgan fingerprint density at radius 3 is 2.75 bits per heavy atom. The van der Waals surface area contributed by atoms with Crippen molar-refractivity contribution in [2.24, 2.45) is 11.7 Å². The quantitative estimate of drug-likeness (QED) is 0.876. The Bertz CT molecular complexity index is 472. The van der Waals surface area contributed by atoms with E-state index in [0.29, 0.717) is 16.5 Å². The van der Waals surface area contributed by atoms with E-state index in [9.17, 15) is 4.79 Å². The maximum atomic E-state index is 11.6. The lowest BCUT2D eigenvalue weighted by Gasteiger charge is -2.31. The summed E-state index contributed by atoms with van der Waals surface area (Å²) >= 11 is 5.97. The standard InChI is InChI=1S/C15H22ClN3O/c1-2-19(10-11-5-7-18-8-6-11)14-4-3-12(16)9-13(14)15(17)20/h3-4,9,11,18H,2,5-8,10H2,1H3,(H2,17,20). The number of halogens is 1. The molecule has 1 fully saturated rings. The molecule has 1 aliphatic heterocycles. The molecular weight excluding hydrogens is 274 g/mol. The monoisotopic (exact) mass is 295 g/mol. The van der Waals surface area contributed by atoms with E-state index in [1.165, 1.54) is 12.8 Å². The highest BCUT2D eigenvalue weighted by molar-refractivity contribution is 6.31. The molecule has 0 aliphatic carbocycles. The highest BCUT2D eigenvalue weighted by Crippen LogP contribution is 2.26. The van der Waals surface area contributed by atoms with Crippen LogP contribution >= 0.6 is 11.6 Å². The zero-order chi connectivity index (χ0) is 14.5. The summed E-state index contributed by atoms with van der Waals surface area (Å²) in [6, 6.07) is 5.37. The molecule has 20 heavy (non-hydrogen) atoms. The number of nitrogens with zero attached hydrogens (tertiary/aromatic N) is 1. The number of primary amides is 1. The van der Waals surface area contributed by atoms with E-state index >= 15 is 0 Å². The van der Waals surface area contributed by atoms with E-state index in [0.717, 1.165) is 31.9 Å². The van der Waals surface area contributed by atoms with Gasteiger partial charge in [-0.05, 0) is 57.0 Å². The predicted molar refractivity (Wildman–Crippen MR) is 83.5 cm³/mol. The van der Waals surface area contributed by atoms with Crippen molar-refractivity contribution in [1.82, 2.24) is 5.32 Å². The molecule has 5 heteroatoms. The van der Waals surface area contributed by atoms with Crippen molar-refractivity contribution in [2.45, 2.75) is 19.8 Å². The molecule has 1 aliphatic rings. The van der Waals surface area contributed by atoms with Gasteiger partial charge in [-0.3, -0.25) is 4.79 Å². The topological polar surface area (TPSA) is 58.4 Å². The highest BCUT2D eigenvalue weighted by atomic mass is 35.5. The molecule has 0 aromatic heterocycles. The molecule has 1 aromatic rings. The summed E-state index contributed by atoms with van der Waals surface area (Å²) in [7, 11) is 0. The van der Waals surface area contributed by atoms with E-state index in [1.807, 2.05) is 12.1 Å². The van der Waals surface area contributed by atoms with Crippen LogP contribution in [0.2, 0.25) is 5.02 Å². The lowest BCUT2D eigenvalue weighted by atomic mass is 9.97. The molecule has 1 saturated heterocycles. The first-order chi connectivity index (χ1) is 9.61. The molecule has 1 heterocycles. The third-order valence-electron chi connectivity index (χ3n) is 3.88. The second-order valence-corrected chi connectivity index (χ2v) is 5.69. The number of piperidine rings is 1. The number of hydrogen-bond donors (Lipinski definition) is 2. The van der Waals surface area contributed by atoms with E-state index < -0.39 is 5.91 Å². The summed E-state index contributed by atoms with van der Waals surface area (Å²) in [5.74, 6) is 0.235. The van der Waals surface area contributed by atoms with Gasteiger partial charge in [0, 0.05) is 23.8 Å². The second kappa shape index (κ2) is 6.95. The smallest absolute Gasteiger partial charge is 0.250 e. The minimum Gasteiger partial charge on any atom is -0.371 e. The van der Waals surface area contributed by atoms with Crippen molar-refractivity contribution in [3.05, 3.63) is 28.8 Å². The van der Waals surface area contributed by atoms with Crippen LogP contribution in [0, 0.1) is 5.92 Å². The largest absolute Gasteiger partial charge is 0.371 e. The van der Waals surface area contributed by atoms with Gasteiger partial charge in [0.2, 0.25) is 0 Å². The van der Waals surface area contributed by atoms with Gasteiger partial charge in [0.15, 0.2) is 0 Å². The van der Waals surface area contributed by atoms with Crippen molar-refractivity contribution >= 4 is 23.2 Å². The van der Waals surface area contributed by atoms with Gasteiger partial charge in [-0.2, -0.15) is 0 Å². The van der Waals surface area contributed by atoms with Crippen LogP contribution in [0.15, 0.2) is 18.2 Å². The van der Waals surface area contributed by atoms with Crippen molar-refractivity contribution in [3.8, 4) is 0 Å². The Morgan fingerprint density at radius 1 is 1.45 bits per heavy atom. The van der Waals surface area contributed by atoms with Crippen LogP contribution < -0.4 is 16.0 Å². The van der Waals surface area contributed by atoms with E-state index in [-0.39, 0.29) is 0 Å². The molecule has 1 aromatic carbocycles. The van der Waals surface area contributed by atoms with Crippen LogP contribution in [0.4, 0.5) is 5.69 Å². The van der Waals surface area contributed by atoms with Crippen LogP contribution in [-0.4, -0.2) is 32.1 Å². The van der Waals surface area contributed by atoms with Gasteiger partial charge < -0.3 is 16.0 Å². The fourth-order valence-electron chi connectivity index (χ4n) is 2.76. The van der Waals surface area contributed by atoms with Gasteiger partial charge in [0.25, 0.3) is 5.91 Å². The number of amides is 1. The van der Waals surface area contributed by atoms with Crippen molar-refractivity contribution < 1.29 is 4.79 Å². The molecule has 0 atom stereocenters. The third-order valence-corrected chi connectivity index (χ3v) is 4.12. The Labute approximate surface area is 125 Å². The Kier molecular flexibility index (Phi) is 5.26. The third kappa shape index (κ3) is 3.64. The summed E-state index contributed by atoms with van der Waals surface area (Å²) in [5, 5.41) is 3.91. The molecule has 0 spiro atoms. The number of carbonyl (C=O) groups is 1. The highest BCUT2D eigenvalue weighted by Gasteiger charge is 2.19. The fourth-order valence-corrected chi connectivity index (χ4v) is 2.93. The number of nitrogens with one attached hydrogen (secondary N) is 1. The molecule has 0 saturated carbocycles. The van der Waals surface area contributed by atoms with Crippen molar-refractivity contribution in [3.63, 3.8) is 0 Å². The summed E-state index contributed by atoms with van der Waals surface area (Å²) < 4.78 is 0. The SMILES string of the molecule is CCN(CC1CCNCC1)c1ccc(Cl)cc1C(N)=O. The summed E-state index contributed by atoms with van der Waals surface area (Å²) in [4.78, 5) is 13.8. The van der Waals surface area contributed by atoms with Gasteiger partial charge in [0.1, 0.15) is 0 Å². The predicted octanol–water partition coefficient (Wildman–Crippen LogP) is 2.26. The van der Waals surface area contributed by atoms with Crippen LogP contribution in [0.3, 0.4) is 0 Å². The molecule has 110 valence electrons. The first kappa shape index (κ1) is 15.1. The van der Waals surface area contributed by atoms with E-state index in [2.05, 4.69) is 17.1 Å². The fraction of sp³-hybridized carbons (Fsp3) is 0.533. The summed E-state index contributed by atoms with van der Waals surface area (Å²) in [5.41, 5.74) is 6.87. The molecule has 0 radical (unpaired) electrons. The normalized spacial score (nSPS) is 16.1. The lowest BCUT2D eigenvalue weighted by molar-refractivity contribution is 0.100. The van der Waals surface area contributed by atoms with Gasteiger partial charge in [-0.25, -0.2) is 0 Å². The number of nitrogens with two attached hydrogens (primary N) is 1. The first-order valence-electron chi connectivity index (χ1n) is 7.16. The van der Waals surface area contributed by atoms with Crippen LogP contribution in [0.1, 0.15) is 30.1 Å². The van der Waals surface area contributed by atoms with Crippen molar-refractivity contribution in [2.75, 3.05) is 31.1 Å². The number of rotatable bonds is 5. The number of anilines is 1. The van der Waals surface area contributed by atoms with Crippen molar-refractivity contribution in [1.29, 1.82) is 0 Å². The molecule has 0 unspecified atom stereocenters. The molecule has 3 N–H and O–H groups in total. The number of carbonyl (C=O) groups excluding carboxylic acids is 1. The van der Waals surface area contributed by atoms with Gasteiger partial charge in [0.05, 0.1) is 5.56 Å². The molecule has 2 rings (SSSR count). The maximum absolute atomic E-state index is 11.6. The zero-order valence-corrected chi connectivity index (χ0v) is 12.6. The number of hydrogen-bond acceptors (Lipinski definition) is 3. The molecule has 1 amide bonds. The second-order valence-electron chi connectivity index (χ2n) is 5.26. The van der Waals surface area contributed by atoms with Crippen LogP contribution in [0.25, 0.3) is 0 Å². The minimum atomic E-state index is -0.425. The Morgan fingerprint density at radius 2 is 2.15 bits per heavy atom. The zero-order valence-electron chi connectivity index (χ0n) is 11.9. The molecule has 4 nitrogen and oxygen atoms in total. The average molecular weight is 296 g/mol. The minimum absolute atomic E-state index is 0.425. The summed E-state index contributed by atoms with van der Waals surface area (Å²) in [6.07, 6.45) is 2.35. The Hall–Kier alpha value is -1.26.